The van der Waals surface area contributed by atoms with Gasteiger partial charge in [-0.25, -0.2) is 9.78 Å². The van der Waals surface area contributed by atoms with E-state index >= 15 is 0 Å². The lowest BCUT2D eigenvalue weighted by Gasteiger charge is -2.08. The van der Waals surface area contributed by atoms with Gasteiger partial charge in [0.25, 0.3) is 0 Å². The number of pyridine rings is 1. The Labute approximate surface area is 117 Å². The maximum atomic E-state index is 10.8. The van der Waals surface area contributed by atoms with Gasteiger partial charge in [0.2, 0.25) is 0 Å². The maximum Gasteiger partial charge on any atom is 0.354 e. The Balaban J connectivity index is 1.92. The van der Waals surface area contributed by atoms with Crippen molar-refractivity contribution in [2.24, 2.45) is 0 Å². The molecule has 0 atom stereocenters. The molecule has 0 aliphatic rings. The fourth-order valence-corrected chi connectivity index (χ4v) is 1.84. The third-order valence-electron chi connectivity index (χ3n) is 2.86. The standard InChI is InChI=1S/C15H16N2O3/c1-20-13-4-2-3-11(9-13)5-7-16-12-6-8-17-14(10-12)15(18)19/h2-4,6,8-10H,5,7H2,1H3,(H,16,17)(H,18,19). The topological polar surface area (TPSA) is 71.5 Å². The van der Waals surface area contributed by atoms with E-state index in [0.717, 1.165) is 23.4 Å². The Kier molecular flexibility index (Phi) is 4.55. The Hall–Kier alpha value is -2.56. The van der Waals surface area contributed by atoms with Crippen LogP contribution in [0.25, 0.3) is 0 Å². The molecule has 0 radical (unpaired) electrons. The quantitative estimate of drug-likeness (QED) is 0.845. The molecule has 1 heterocycles. The van der Waals surface area contributed by atoms with E-state index in [4.69, 9.17) is 9.84 Å². The minimum absolute atomic E-state index is 0.0383. The van der Waals surface area contributed by atoms with Gasteiger partial charge in [-0.1, -0.05) is 12.1 Å². The first-order chi connectivity index (χ1) is 9.69. The third-order valence-corrected chi connectivity index (χ3v) is 2.86. The molecule has 1 aromatic heterocycles. The van der Waals surface area contributed by atoms with Crippen LogP contribution in [0.3, 0.4) is 0 Å². The average Bonchev–Trinajstić information content (AvgIpc) is 2.48. The van der Waals surface area contributed by atoms with Gasteiger partial charge in [0, 0.05) is 18.4 Å². The predicted molar refractivity (Wildman–Crippen MR) is 76.4 cm³/mol. The van der Waals surface area contributed by atoms with Gasteiger partial charge in [-0.15, -0.1) is 0 Å². The van der Waals surface area contributed by atoms with Crippen LogP contribution in [-0.2, 0) is 6.42 Å². The number of hydrogen-bond donors (Lipinski definition) is 2. The SMILES string of the molecule is COc1cccc(CCNc2ccnc(C(=O)O)c2)c1. The summed E-state index contributed by atoms with van der Waals surface area (Å²) >= 11 is 0. The van der Waals surface area contributed by atoms with Crippen LogP contribution >= 0.6 is 0 Å². The molecule has 0 unspecified atom stereocenters. The van der Waals surface area contributed by atoms with Crippen LogP contribution in [0.5, 0.6) is 5.75 Å². The number of anilines is 1. The molecular weight excluding hydrogens is 256 g/mol. The number of nitrogens with one attached hydrogen (secondary N) is 1. The number of ether oxygens (including phenoxy) is 1. The van der Waals surface area contributed by atoms with Crippen LogP contribution < -0.4 is 10.1 Å². The molecule has 1 aromatic carbocycles. The predicted octanol–water partition coefficient (Wildman–Crippen LogP) is 2.44. The van der Waals surface area contributed by atoms with Gasteiger partial charge in [0.15, 0.2) is 0 Å². The number of aromatic nitrogens is 1. The Bertz CT molecular complexity index is 599. The molecule has 0 fully saturated rings. The van der Waals surface area contributed by atoms with E-state index in [9.17, 15) is 4.79 Å². The molecular formula is C15H16N2O3. The normalized spacial score (nSPS) is 10.1. The van der Waals surface area contributed by atoms with Crippen molar-refractivity contribution in [2.45, 2.75) is 6.42 Å². The van der Waals surface area contributed by atoms with Crippen LogP contribution in [0.15, 0.2) is 42.6 Å². The number of nitrogens with zero attached hydrogens (tertiary/aromatic N) is 1. The monoisotopic (exact) mass is 272 g/mol. The van der Waals surface area contributed by atoms with Gasteiger partial charge in [-0.2, -0.15) is 0 Å². The van der Waals surface area contributed by atoms with Gasteiger partial charge in [0.1, 0.15) is 11.4 Å². The van der Waals surface area contributed by atoms with E-state index in [1.54, 1.807) is 13.2 Å². The fraction of sp³-hybridized carbons (Fsp3) is 0.200. The molecule has 5 nitrogen and oxygen atoms in total. The van der Waals surface area contributed by atoms with Crippen LogP contribution in [0.4, 0.5) is 5.69 Å². The van der Waals surface area contributed by atoms with Crippen molar-refractivity contribution in [2.75, 3.05) is 19.0 Å². The van der Waals surface area contributed by atoms with Gasteiger partial charge in [-0.3, -0.25) is 0 Å². The summed E-state index contributed by atoms with van der Waals surface area (Å²) < 4.78 is 5.17. The van der Waals surface area contributed by atoms with Crippen LogP contribution in [0, 0.1) is 0 Å². The van der Waals surface area contributed by atoms with E-state index in [1.165, 1.54) is 12.3 Å². The zero-order chi connectivity index (χ0) is 14.4. The lowest BCUT2D eigenvalue weighted by molar-refractivity contribution is 0.0690. The first-order valence-corrected chi connectivity index (χ1v) is 6.25. The molecule has 0 spiro atoms. The number of methoxy groups -OCH3 is 1. The molecule has 2 aromatic rings. The molecule has 0 aliphatic carbocycles. The largest absolute Gasteiger partial charge is 0.497 e. The van der Waals surface area contributed by atoms with Crippen molar-refractivity contribution in [3.8, 4) is 5.75 Å². The number of carboxylic acid groups (broad SMARTS) is 1. The first-order valence-electron chi connectivity index (χ1n) is 6.25. The average molecular weight is 272 g/mol. The minimum Gasteiger partial charge on any atom is -0.497 e. The molecule has 104 valence electrons. The molecule has 20 heavy (non-hydrogen) atoms. The molecule has 5 heteroatoms. The second-order valence-electron chi connectivity index (χ2n) is 4.26. The molecule has 0 aliphatic heterocycles. The number of carboxylic acids is 1. The van der Waals surface area contributed by atoms with Gasteiger partial charge >= 0.3 is 5.97 Å². The molecule has 2 rings (SSSR count). The van der Waals surface area contributed by atoms with Crippen LogP contribution in [0.1, 0.15) is 16.1 Å². The number of rotatable bonds is 6. The van der Waals surface area contributed by atoms with Crippen molar-refractivity contribution in [1.82, 2.24) is 4.98 Å². The van der Waals surface area contributed by atoms with Gasteiger partial charge in [-0.05, 0) is 36.2 Å². The van der Waals surface area contributed by atoms with Gasteiger partial charge in [0.05, 0.1) is 7.11 Å². The highest BCUT2D eigenvalue weighted by molar-refractivity contribution is 5.86. The molecule has 2 N–H and O–H groups in total. The van der Waals surface area contributed by atoms with Crippen molar-refractivity contribution in [3.63, 3.8) is 0 Å². The highest BCUT2D eigenvalue weighted by Crippen LogP contribution is 2.13. The van der Waals surface area contributed by atoms with Crippen molar-refractivity contribution >= 4 is 11.7 Å². The Morgan fingerprint density at radius 1 is 1.35 bits per heavy atom. The van der Waals surface area contributed by atoms with E-state index in [2.05, 4.69) is 10.3 Å². The fourth-order valence-electron chi connectivity index (χ4n) is 1.84. The molecule has 0 bridgehead atoms. The van der Waals surface area contributed by atoms with E-state index in [-0.39, 0.29) is 5.69 Å². The van der Waals surface area contributed by atoms with Crippen LogP contribution in [-0.4, -0.2) is 29.7 Å². The Morgan fingerprint density at radius 2 is 2.20 bits per heavy atom. The number of aromatic carboxylic acids is 1. The summed E-state index contributed by atoms with van der Waals surface area (Å²) in [6.07, 6.45) is 2.30. The van der Waals surface area contributed by atoms with Crippen LogP contribution in [0.2, 0.25) is 0 Å². The number of carbonyl (C=O) groups is 1. The lowest BCUT2D eigenvalue weighted by Crippen LogP contribution is -2.07. The summed E-state index contributed by atoms with van der Waals surface area (Å²) in [5, 5.41) is 12.0. The lowest BCUT2D eigenvalue weighted by atomic mass is 10.1. The zero-order valence-electron chi connectivity index (χ0n) is 11.2. The summed E-state index contributed by atoms with van der Waals surface area (Å²) in [5.41, 5.74) is 1.95. The van der Waals surface area contributed by atoms with E-state index < -0.39 is 5.97 Å². The summed E-state index contributed by atoms with van der Waals surface area (Å²) in [5.74, 6) is -0.193. The van der Waals surface area contributed by atoms with Gasteiger partial charge < -0.3 is 15.2 Å². The smallest absolute Gasteiger partial charge is 0.354 e. The van der Waals surface area contributed by atoms with Crippen molar-refractivity contribution < 1.29 is 14.6 Å². The summed E-state index contributed by atoms with van der Waals surface area (Å²) in [4.78, 5) is 14.6. The molecule has 0 amide bonds. The third kappa shape index (κ3) is 3.71. The summed E-state index contributed by atoms with van der Waals surface area (Å²) in [7, 11) is 1.64. The highest BCUT2D eigenvalue weighted by Gasteiger charge is 2.04. The molecule has 0 saturated heterocycles. The zero-order valence-corrected chi connectivity index (χ0v) is 11.2. The highest BCUT2D eigenvalue weighted by atomic mass is 16.5. The van der Waals surface area contributed by atoms with Crippen molar-refractivity contribution in [1.29, 1.82) is 0 Å². The second-order valence-corrected chi connectivity index (χ2v) is 4.26. The summed E-state index contributed by atoms with van der Waals surface area (Å²) in [6.45, 7) is 0.705. The Morgan fingerprint density at radius 3 is 2.95 bits per heavy atom. The minimum atomic E-state index is -1.03. The first kappa shape index (κ1) is 13.9. The van der Waals surface area contributed by atoms with E-state index in [0.29, 0.717) is 6.54 Å². The number of hydrogen-bond acceptors (Lipinski definition) is 4. The molecule has 0 saturated carbocycles. The summed E-state index contributed by atoms with van der Waals surface area (Å²) in [6, 6.07) is 11.1. The van der Waals surface area contributed by atoms with Crippen molar-refractivity contribution in [3.05, 3.63) is 53.9 Å². The second kappa shape index (κ2) is 6.56. The number of benzene rings is 1. The maximum absolute atomic E-state index is 10.8. The van der Waals surface area contributed by atoms with E-state index in [1.807, 2.05) is 24.3 Å².